The summed E-state index contributed by atoms with van der Waals surface area (Å²) in [5.41, 5.74) is 0. The molecule has 0 aliphatic heterocycles. The van der Waals surface area contributed by atoms with E-state index in [1.807, 2.05) is 6.19 Å². The van der Waals surface area contributed by atoms with Gasteiger partial charge in [-0.3, -0.25) is 0 Å². The van der Waals surface area contributed by atoms with E-state index >= 15 is 0 Å². The molecule has 0 aliphatic rings. The topological polar surface area (TPSA) is 56.5 Å². The summed E-state index contributed by atoms with van der Waals surface area (Å²) in [6.07, 6.45) is 1.30. The SMILES string of the molecule is COCC(O)CN(C)C#N. The second-order valence-electron chi connectivity index (χ2n) is 2.09. The van der Waals surface area contributed by atoms with Gasteiger partial charge in [-0.05, 0) is 0 Å². The molecule has 0 radical (unpaired) electrons. The lowest BCUT2D eigenvalue weighted by atomic mass is 10.4. The molecule has 0 aromatic rings. The number of aliphatic hydroxyl groups excluding tert-OH is 1. The molecule has 0 fully saturated rings. The van der Waals surface area contributed by atoms with Crippen LogP contribution in [-0.4, -0.2) is 43.4 Å². The van der Waals surface area contributed by atoms with Gasteiger partial charge in [-0.15, -0.1) is 0 Å². The zero-order chi connectivity index (χ0) is 7.98. The Bertz CT molecular complexity index is 121. The molecule has 10 heavy (non-hydrogen) atoms. The normalized spacial score (nSPS) is 12.2. The lowest BCUT2D eigenvalue weighted by Gasteiger charge is -2.13. The first-order valence-electron chi connectivity index (χ1n) is 2.98. The Labute approximate surface area is 60.6 Å². The summed E-state index contributed by atoms with van der Waals surface area (Å²) >= 11 is 0. The zero-order valence-electron chi connectivity index (χ0n) is 6.24. The number of methoxy groups -OCH3 is 1. The van der Waals surface area contributed by atoms with Crippen LogP contribution in [0.5, 0.6) is 0 Å². The molecule has 0 aromatic carbocycles. The maximum atomic E-state index is 9.03. The second-order valence-corrected chi connectivity index (χ2v) is 2.09. The van der Waals surface area contributed by atoms with Crippen LogP contribution in [0.15, 0.2) is 0 Å². The first kappa shape index (κ1) is 9.21. The monoisotopic (exact) mass is 144 g/mol. The molecule has 4 nitrogen and oxygen atoms in total. The van der Waals surface area contributed by atoms with Crippen LogP contribution in [0.4, 0.5) is 0 Å². The van der Waals surface area contributed by atoms with Gasteiger partial charge < -0.3 is 14.7 Å². The number of hydrogen-bond donors (Lipinski definition) is 1. The van der Waals surface area contributed by atoms with Crippen LogP contribution in [-0.2, 0) is 4.74 Å². The Morgan fingerprint density at radius 3 is 2.80 bits per heavy atom. The summed E-state index contributed by atoms with van der Waals surface area (Å²) in [5.74, 6) is 0. The van der Waals surface area contributed by atoms with E-state index in [9.17, 15) is 0 Å². The number of hydrogen-bond acceptors (Lipinski definition) is 4. The molecule has 1 N–H and O–H groups in total. The van der Waals surface area contributed by atoms with Crippen molar-refractivity contribution in [3.8, 4) is 6.19 Å². The summed E-state index contributed by atoms with van der Waals surface area (Å²) in [6.45, 7) is 0.594. The minimum atomic E-state index is -0.574. The number of rotatable bonds is 4. The highest BCUT2D eigenvalue weighted by Gasteiger charge is 2.04. The molecule has 0 amide bonds. The van der Waals surface area contributed by atoms with E-state index in [0.29, 0.717) is 6.54 Å². The zero-order valence-corrected chi connectivity index (χ0v) is 6.24. The Morgan fingerprint density at radius 2 is 2.40 bits per heavy atom. The van der Waals surface area contributed by atoms with Gasteiger partial charge in [0.05, 0.1) is 19.3 Å². The third-order valence-electron chi connectivity index (χ3n) is 1.01. The number of nitriles is 1. The third-order valence-corrected chi connectivity index (χ3v) is 1.01. The summed E-state index contributed by atoms with van der Waals surface area (Å²) in [7, 11) is 3.12. The van der Waals surface area contributed by atoms with E-state index in [1.54, 1.807) is 7.05 Å². The minimum absolute atomic E-state index is 0.270. The smallest absolute Gasteiger partial charge is 0.179 e. The van der Waals surface area contributed by atoms with Crippen molar-refractivity contribution in [2.24, 2.45) is 0 Å². The standard InChI is InChI=1S/C6H12N2O2/c1-8(5-7)3-6(9)4-10-2/h6,9H,3-4H2,1-2H3. The highest BCUT2D eigenvalue weighted by molar-refractivity contribution is 4.71. The Hall–Kier alpha value is -0.790. The maximum absolute atomic E-state index is 9.03. The van der Waals surface area contributed by atoms with Gasteiger partial charge in [-0.25, -0.2) is 0 Å². The summed E-state index contributed by atoms with van der Waals surface area (Å²) in [5, 5.41) is 17.3. The fourth-order valence-electron chi connectivity index (χ4n) is 0.602. The van der Waals surface area contributed by atoms with Crippen LogP contribution in [0.2, 0.25) is 0 Å². The average Bonchev–Trinajstić information content (AvgIpc) is 1.88. The van der Waals surface area contributed by atoms with Crippen molar-refractivity contribution >= 4 is 0 Å². The number of aliphatic hydroxyl groups is 1. The van der Waals surface area contributed by atoms with E-state index in [2.05, 4.69) is 4.74 Å². The molecule has 0 spiro atoms. The first-order chi connectivity index (χ1) is 4.70. The van der Waals surface area contributed by atoms with Crippen molar-refractivity contribution in [2.45, 2.75) is 6.10 Å². The van der Waals surface area contributed by atoms with Crippen molar-refractivity contribution in [1.82, 2.24) is 4.90 Å². The van der Waals surface area contributed by atoms with E-state index in [1.165, 1.54) is 12.0 Å². The number of likely N-dealkylation sites (N-methyl/N-ethyl adjacent to an activating group) is 1. The number of ether oxygens (including phenoxy) is 1. The van der Waals surface area contributed by atoms with Crippen molar-refractivity contribution in [2.75, 3.05) is 27.3 Å². The van der Waals surface area contributed by atoms with E-state index in [0.717, 1.165) is 0 Å². The molecule has 0 saturated carbocycles. The van der Waals surface area contributed by atoms with Crippen molar-refractivity contribution < 1.29 is 9.84 Å². The van der Waals surface area contributed by atoms with Gasteiger partial charge in [0.1, 0.15) is 0 Å². The molecular formula is C6H12N2O2. The summed E-state index contributed by atoms with van der Waals surface area (Å²) < 4.78 is 4.66. The van der Waals surface area contributed by atoms with Gasteiger partial charge in [-0.1, -0.05) is 0 Å². The predicted octanol–water partition coefficient (Wildman–Crippen LogP) is -0.593. The molecule has 0 rings (SSSR count). The van der Waals surface area contributed by atoms with Crippen LogP contribution < -0.4 is 0 Å². The first-order valence-corrected chi connectivity index (χ1v) is 2.98. The Kier molecular flexibility index (Phi) is 4.63. The van der Waals surface area contributed by atoms with Gasteiger partial charge in [0.25, 0.3) is 0 Å². The van der Waals surface area contributed by atoms with E-state index < -0.39 is 6.10 Å². The molecule has 0 aliphatic carbocycles. The van der Waals surface area contributed by atoms with Gasteiger partial charge in [0.15, 0.2) is 6.19 Å². The molecule has 0 heterocycles. The van der Waals surface area contributed by atoms with Crippen molar-refractivity contribution in [3.05, 3.63) is 0 Å². The fraction of sp³-hybridized carbons (Fsp3) is 0.833. The third kappa shape index (κ3) is 4.13. The van der Waals surface area contributed by atoms with E-state index in [4.69, 9.17) is 10.4 Å². The van der Waals surface area contributed by atoms with Gasteiger partial charge in [-0.2, -0.15) is 5.26 Å². The minimum Gasteiger partial charge on any atom is -0.389 e. The molecule has 1 atom stereocenters. The molecule has 0 bridgehead atoms. The van der Waals surface area contributed by atoms with Gasteiger partial charge in [0, 0.05) is 14.2 Å². The molecule has 1 unspecified atom stereocenters. The van der Waals surface area contributed by atoms with Crippen LogP contribution in [0, 0.1) is 11.5 Å². The quantitative estimate of drug-likeness (QED) is 0.423. The van der Waals surface area contributed by atoms with Gasteiger partial charge >= 0.3 is 0 Å². The molecule has 4 heteroatoms. The van der Waals surface area contributed by atoms with Crippen molar-refractivity contribution in [3.63, 3.8) is 0 Å². The molecule has 0 saturated heterocycles. The maximum Gasteiger partial charge on any atom is 0.179 e. The largest absolute Gasteiger partial charge is 0.389 e. The van der Waals surface area contributed by atoms with Crippen LogP contribution in [0.25, 0.3) is 0 Å². The Balaban J connectivity index is 3.39. The highest BCUT2D eigenvalue weighted by atomic mass is 16.5. The lowest BCUT2D eigenvalue weighted by Crippen LogP contribution is -2.28. The summed E-state index contributed by atoms with van der Waals surface area (Å²) in [6, 6.07) is 0. The van der Waals surface area contributed by atoms with Crippen molar-refractivity contribution in [1.29, 1.82) is 5.26 Å². The van der Waals surface area contributed by atoms with Crippen LogP contribution in [0.3, 0.4) is 0 Å². The highest BCUT2D eigenvalue weighted by Crippen LogP contribution is 1.86. The average molecular weight is 144 g/mol. The predicted molar refractivity (Wildman–Crippen MR) is 36.1 cm³/mol. The Morgan fingerprint density at radius 1 is 1.80 bits per heavy atom. The second kappa shape index (κ2) is 5.03. The lowest BCUT2D eigenvalue weighted by molar-refractivity contribution is 0.0521. The van der Waals surface area contributed by atoms with E-state index in [-0.39, 0.29) is 6.61 Å². The van der Waals surface area contributed by atoms with Crippen LogP contribution >= 0.6 is 0 Å². The summed E-state index contributed by atoms with van der Waals surface area (Å²) in [4.78, 5) is 1.35. The molecular weight excluding hydrogens is 132 g/mol. The van der Waals surface area contributed by atoms with Gasteiger partial charge in [0.2, 0.25) is 0 Å². The van der Waals surface area contributed by atoms with Crippen LogP contribution in [0.1, 0.15) is 0 Å². The fourth-order valence-corrected chi connectivity index (χ4v) is 0.602. The molecule has 0 aromatic heterocycles. The molecule has 58 valence electrons. The number of nitrogens with zero attached hydrogens (tertiary/aromatic N) is 2.